The minimum Gasteiger partial charge on any atom is -0.311 e. The van der Waals surface area contributed by atoms with E-state index < -0.39 is 15.8 Å². The molecule has 1 amide bonds. The Morgan fingerprint density at radius 2 is 2.08 bits per heavy atom. The Bertz CT molecular complexity index is 968. The molecule has 1 aromatic carbocycles. The van der Waals surface area contributed by atoms with Crippen molar-refractivity contribution >= 4 is 21.6 Å². The van der Waals surface area contributed by atoms with E-state index in [0.29, 0.717) is 23.5 Å². The molecule has 8 heteroatoms. The Hall–Kier alpha value is -2.22. The summed E-state index contributed by atoms with van der Waals surface area (Å²) >= 11 is 0. The van der Waals surface area contributed by atoms with Crippen LogP contribution >= 0.6 is 0 Å². The maximum Gasteiger partial charge on any atom is 0.226 e. The van der Waals surface area contributed by atoms with Gasteiger partial charge in [0, 0.05) is 17.9 Å². The largest absolute Gasteiger partial charge is 0.311 e. The number of nitrogens with one attached hydrogen (secondary N) is 1. The van der Waals surface area contributed by atoms with Gasteiger partial charge in [0.05, 0.1) is 23.2 Å². The number of nitrogens with zero attached hydrogens (tertiary/aromatic N) is 2. The van der Waals surface area contributed by atoms with Crippen molar-refractivity contribution in [2.24, 2.45) is 0 Å². The average Bonchev–Trinajstić information content (AvgIpc) is 3.07. The number of hydrogen-bond donors (Lipinski definition) is 1. The molecule has 1 fully saturated rings. The fourth-order valence-electron chi connectivity index (χ4n) is 3.83. The van der Waals surface area contributed by atoms with E-state index in [9.17, 15) is 17.6 Å². The van der Waals surface area contributed by atoms with Crippen molar-refractivity contribution in [3.63, 3.8) is 0 Å². The summed E-state index contributed by atoms with van der Waals surface area (Å²) in [6.45, 7) is 1.81. The number of anilines is 1. The molecule has 2 aliphatic heterocycles. The summed E-state index contributed by atoms with van der Waals surface area (Å²) in [6, 6.07) is 6.12. The van der Waals surface area contributed by atoms with E-state index in [1.807, 2.05) is 6.92 Å². The van der Waals surface area contributed by atoms with Crippen molar-refractivity contribution in [2.45, 2.75) is 31.7 Å². The van der Waals surface area contributed by atoms with Gasteiger partial charge in [-0.15, -0.1) is 0 Å². The number of aryl methyl sites for hydroxylation is 1. The molecule has 0 saturated carbocycles. The van der Waals surface area contributed by atoms with Crippen molar-refractivity contribution in [2.75, 3.05) is 16.8 Å². The number of carbonyl (C=O) groups excluding carboxylic acids is 1. The number of amides is 1. The molecule has 3 heterocycles. The molecule has 4 rings (SSSR count). The van der Waals surface area contributed by atoms with Gasteiger partial charge in [-0.25, -0.2) is 17.5 Å². The van der Waals surface area contributed by atoms with Crippen molar-refractivity contribution in [1.29, 1.82) is 0 Å². The maximum atomic E-state index is 14.3. The second-order valence-corrected chi connectivity index (χ2v) is 8.90. The molecule has 1 N–H and O–H groups in total. The molecule has 2 aromatic rings. The Morgan fingerprint density at radius 3 is 2.76 bits per heavy atom. The van der Waals surface area contributed by atoms with Gasteiger partial charge in [0.25, 0.3) is 0 Å². The van der Waals surface area contributed by atoms with Crippen LogP contribution in [-0.4, -0.2) is 35.6 Å². The van der Waals surface area contributed by atoms with Gasteiger partial charge in [0.2, 0.25) is 5.91 Å². The van der Waals surface area contributed by atoms with Gasteiger partial charge in [0.15, 0.2) is 9.84 Å². The van der Waals surface area contributed by atoms with Crippen LogP contribution in [0, 0.1) is 12.7 Å². The number of rotatable bonds is 2. The van der Waals surface area contributed by atoms with E-state index in [4.69, 9.17) is 0 Å². The Balaban J connectivity index is 1.83. The van der Waals surface area contributed by atoms with E-state index in [1.165, 1.54) is 6.07 Å². The summed E-state index contributed by atoms with van der Waals surface area (Å²) in [5, 5.41) is 7.31. The zero-order valence-electron chi connectivity index (χ0n) is 13.7. The molecule has 0 bridgehead atoms. The third kappa shape index (κ3) is 2.74. The average molecular weight is 363 g/mol. The fraction of sp³-hybridized carbons (Fsp3) is 0.412. The summed E-state index contributed by atoms with van der Waals surface area (Å²) in [4.78, 5) is 12.2. The predicted molar refractivity (Wildman–Crippen MR) is 90.8 cm³/mol. The van der Waals surface area contributed by atoms with Gasteiger partial charge in [-0.1, -0.05) is 18.2 Å². The lowest BCUT2D eigenvalue weighted by Crippen LogP contribution is -2.26. The van der Waals surface area contributed by atoms with Crippen LogP contribution in [-0.2, 0) is 14.6 Å². The van der Waals surface area contributed by atoms with Crippen LogP contribution in [0.1, 0.15) is 41.6 Å². The van der Waals surface area contributed by atoms with Crippen LogP contribution in [0.4, 0.5) is 10.2 Å². The van der Waals surface area contributed by atoms with Gasteiger partial charge in [0.1, 0.15) is 11.6 Å². The number of carbonyl (C=O) groups is 1. The van der Waals surface area contributed by atoms with Gasteiger partial charge in [-0.3, -0.25) is 4.79 Å². The summed E-state index contributed by atoms with van der Waals surface area (Å²) in [7, 11) is -3.08. The summed E-state index contributed by atoms with van der Waals surface area (Å²) < 4.78 is 39.5. The number of sulfone groups is 1. The molecule has 1 aromatic heterocycles. The fourth-order valence-corrected chi connectivity index (χ4v) is 5.52. The van der Waals surface area contributed by atoms with Gasteiger partial charge >= 0.3 is 0 Å². The topological polar surface area (TPSA) is 81.1 Å². The smallest absolute Gasteiger partial charge is 0.226 e. The summed E-state index contributed by atoms with van der Waals surface area (Å²) in [5.74, 6) is -0.357. The molecule has 1 saturated heterocycles. The molecule has 0 radical (unpaired) electrons. The molecule has 2 unspecified atom stereocenters. The number of hydrogen-bond acceptors (Lipinski definition) is 4. The van der Waals surface area contributed by atoms with Crippen LogP contribution in [0.25, 0.3) is 0 Å². The number of fused-ring (bicyclic) bond motifs is 1. The van der Waals surface area contributed by atoms with Crippen LogP contribution in [0.5, 0.6) is 0 Å². The Morgan fingerprint density at radius 1 is 1.32 bits per heavy atom. The number of halogens is 1. The summed E-state index contributed by atoms with van der Waals surface area (Å²) in [5.41, 5.74) is 1.92. The highest BCUT2D eigenvalue weighted by Crippen LogP contribution is 2.42. The minimum atomic E-state index is -3.08. The first-order valence-corrected chi connectivity index (χ1v) is 10.0. The molecule has 132 valence electrons. The standard InChI is InChI=1S/C17H18FN3O3S/c1-10-16-13(12-4-2-3-5-14(12)18)8-15(22)19-17(16)21(20-10)11-6-7-25(23,24)9-11/h2-5,11,13H,6-9H2,1H3,(H,19,22). The molecule has 0 aliphatic carbocycles. The molecule has 2 aliphatic rings. The second kappa shape index (κ2) is 5.66. The molecule has 6 nitrogen and oxygen atoms in total. The van der Waals surface area contributed by atoms with Crippen molar-refractivity contribution in [3.05, 3.63) is 46.9 Å². The van der Waals surface area contributed by atoms with Gasteiger partial charge in [-0.05, 0) is 25.0 Å². The zero-order chi connectivity index (χ0) is 17.8. The lowest BCUT2D eigenvalue weighted by atomic mass is 9.85. The van der Waals surface area contributed by atoms with Crippen LogP contribution in [0.15, 0.2) is 24.3 Å². The highest BCUT2D eigenvalue weighted by molar-refractivity contribution is 7.91. The minimum absolute atomic E-state index is 0.0147. The third-order valence-electron chi connectivity index (χ3n) is 4.96. The number of aromatic nitrogens is 2. The van der Waals surface area contributed by atoms with E-state index in [0.717, 1.165) is 5.56 Å². The monoisotopic (exact) mass is 363 g/mol. The predicted octanol–water partition coefficient (Wildman–Crippen LogP) is 2.16. The molecule has 25 heavy (non-hydrogen) atoms. The van der Waals surface area contributed by atoms with Crippen LogP contribution in [0.3, 0.4) is 0 Å². The second-order valence-electron chi connectivity index (χ2n) is 6.68. The Kier molecular flexibility index (Phi) is 3.68. The van der Waals surface area contributed by atoms with Crippen LogP contribution in [0.2, 0.25) is 0 Å². The molecule has 0 spiro atoms. The quantitative estimate of drug-likeness (QED) is 0.887. The normalized spacial score (nSPS) is 24.8. The van der Waals surface area contributed by atoms with Crippen molar-refractivity contribution in [3.8, 4) is 0 Å². The Labute approximate surface area is 145 Å². The number of benzene rings is 1. The van der Waals surface area contributed by atoms with E-state index in [2.05, 4.69) is 10.4 Å². The van der Waals surface area contributed by atoms with Crippen molar-refractivity contribution in [1.82, 2.24) is 9.78 Å². The lowest BCUT2D eigenvalue weighted by Gasteiger charge is -2.25. The first-order chi connectivity index (χ1) is 11.9. The van der Waals surface area contributed by atoms with E-state index >= 15 is 0 Å². The summed E-state index contributed by atoms with van der Waals surface area (Å²) in [6.07, 6.45) is 0.611. The maximum absolute atomic E-state index is 14.3. The zero-order valence-corrected chi connectivity index (χ0v) is 14.5. The first-order valence-electron chi connectivity index (χ1n) is 8.19. The van der Waals surface area contributed by atoms with E-state index in [-0.39, 0.29) is 35.7 Å². The van der Waals surface area contributed by atoms with E-state index in [1.54, 1.807) is 22.9 Å². The van der Waals surface area contributed by atoms with Crippen LogP contribution < -0.4 is 5.32 Å². The van der Waals surface area contributed by atoms with Crippen molar-refractivity contribution < 1.29 is 17.6 Å². The SMILES string of the molecule is Cc1nn(C2CCS(=O)(=O)C2)c2c1C(c1ccccc1F)CC(=O)N2. The van der Waals surface area contributed by atoms with Gasteiger partial charge in [-0.2, -0.15) is 5.10 Å². The highest BCUT2D eigenvalue weighted by Gasteiger charge is 2.37. The van der Waals surface area contributed by atoms with Gasteiger partial charge < -0.3 is 5.32 Å². The third-order valence-corrected chi connectivity index (χ3v) is 6.71. The molecule has 2 atom stereocenters. The first kappa shape index (κ1) is 16.3. The lowest BCUT2D eigenvalue weighted by molar-refractivity contribution is -0.116. The molecular weight excluding hydrogens is 345 g/mol. The molecular formula is C17H18FN3O3S. The highest BCUT2D eigenvalue weighted by atomic mass is 32.2.